The Kier molecular flexibility index (Phi) is 4.39. The first-order valence-corrected chi connectivity index (χ1v) is 5.11. The number of carbonyl (C=O) groups is 2. The van der Waals surface area contributed by atoms with Gasteiger partial charge in [0.05, 0.1) is 6.10 Å². The molecule has 0 unspecified atom stereocenters. The summed E-state index contributed by atoms with van der Waals surface area (Å²) in [5.74, 6) is -1.47. The lowest BCUT2D eigenvalue weighted by Gasteiger charge is -2.38. The zero-order chi connectivity index (χ0) is 13.2. The molecule has 0 bridgehead atoms. The highest BCUT2D eigenvalue weighted by molar-refractivity contribution is 5.67. The summed E-state index contributed by atoms with van der Waals surface area (Å²) in [5, 5.41) is 0. The SMILES string of the molecule is CC(=O)O[C@@H]1[C@@H](OC(C)=O)[C@@H](F)[C@@H](F)O[C@H]1C. The van der Waals surface area contributed by atoms with Gasteiger partial charge in [-0.05, 0) is 6.92 Å². The van der Waals surface area contributed by atoms with Crippen molar-refractivity contribution in [3.63, 3.8) is 0 Å². The molecule has 0 saturated carbocycles. The Morgan fingerprint density at radius 2 is 1.53 bits per heavy atom. The lowest BCUT2D eigenvalue weighted by atomic mass is 10.0. The predicted octanol–water partition coefficient (Wildman–Crippen LogP) is 0.902. The van der Waals surface area contributed by atoms with E-state index in [1.807, 2.05) is 0 Å². The lowest BCUT2D eigenvalue weighted by molar-refractivity contribution is -0.249. The van der Waals surface area contributed by atoms with Gasteiger partial charge in [0, 0.05) is 13.8 Å². The summed E-state index contributed by atoms with van der Waals surface area (Å²) < 4.78 is 40.7. The number of alkyl halides is 2. The van der Waals surface area contributed by atoms with Crippen LogP contribution in [0.15, 0.2) is 0 Å². The Balaban J connectivity index is 2.86. The Bertz CT molecular complexity index is 309. The van der Waals surface area contributed by atoms with Gasteiger partial charge in [0.25, 0.3) is 0 Å². The number of hydrogen-bond donors (Lipinski definition) is 0. The van der Waals surface area contributed by atoms with Crippen LogP contribution in [-0.2, 0) is 23.8 Å². The van der Waals surface area contributed by atoms with E-state index >= 15 is 0 Å². The monoisotopic (exact) mass is 252 g/mol. The van der Waals surface area contributed by atoms with E-state index in [4.69, 9.17) is 4.74 Å². The minimum atomic E-state index is -2.21. The van der Waals surface area contributed by atoms with Crippen LogP contribution < -0.4 is 0 Å². The number of rotatable bonds is 2. The average Bonchev–Trinajstić information content (AvgIpc) is 2.19. The lowest BCUT2D eigenvalue weighted by Crippen LogP contribution is -2.56. The van der Waals surface area contributed by atoms with Crippen LogP contribution in [0.3, 0.4) is 0 Å². The van der Waals surface area contributed by atoms with Crippen molar-refractivity contribution < 1.29 is 32.6 Å². The van der Waals surface area contributed by atoms with Crippen LogP contribution in [0.1, 0.15) is 20.8 Å². The zero-order valence-corrected chi connectivity index (χ0v) is 9.68. The number of ether oxygens (including phenoxy) is 3. The molecule has 0 N–H and O–H groups in total. The first-order valence-electron chi connectivity index (χ1n) is 5.11. The fourth-order valence-electron chi connectivity index (χ4n) is 1.63. The minimum Gasteiger partial charge on any atom is -0.456 e. The maximum atomic E-state index is 13.5. The largest absolute Gasteiger partial charge is 0.456 e. The molecule has 17 heavy (non-hydrogen) atoms. The Hall–Kier alpha value is -1.24. The molecule has 0 aromatic rings. The van der Waals surface area contributed by atoms with Crippen molar-refractivity contribution >= 4 is 11.9 Å². The van der Waals surface area contributed by atoms with Crippen LogP contribution in [0, 0.1) is 0 Å². The van der Waals surface area contributed by atoms with Crippen LogP contribution in [0.4, 0.5) is 8.78 Å². The van der Waals surface area contributed by atoms with Crippen molar-refractivity contribution in [1.29, 1.82) is 0 Å². The molecule has 0 aromatic heterocycles. The number of hydrogen-bond acceptors (Lipinski definition) is 5. The highest BCUT2D eigenvalue weighted by atomic mass is 19.2. The molecular formula is C10H14F2O5. The molecule has 1 aliphatic heterocycles. The van der Waals surface area contributed by atoms with E-state index in [2.05, 4.69) is 9.47 Å². The highest BCUT2D eigenvalue weighted by Crippen LogP contribution is 2.28. The van der Waals surface area contributed by atoms with E-state index < -0.39 is 42.8 Å². The van der Waals surface area contributed by atoms with Crippen molar-refractivity contribution in [2.24, 2.45) is 0 Å². The van der Waals surface area contributed by atoms with E-state index in [0.717, 1.165) is 13.8 Å². The maximum absolute atomic E-state index is 13.5. The summed E-state index contributed by atoms with van der Waals surface area (Å²) >= 11 is 0. The van der Waals surface area contributed by atoms with Crippen molar-refractivity contribution in [3.8, 4) is 0 Å². The molecular weight excluding hydrogens is 238 g/mol. The number of halogens is 2. The number of esters is 2. The number of carbonyl (C=O) groups excluding carboxylic acids is 2. The molecule has 5 nitrogen and oxygen atoms in total. The average molecular weight is 252 g/mol. The van der Waals surface area contributed by atoms with Gasteiger partial charge in [0.2, 0.25) is 6.36 Å². The van der Waals surface area contributed by atoms with Gasteiger partial charge < -0.3 is 14.2 Å². The van der Waals surface area contributed by atoms with Gasteiger partial charge in [-0.3, -0.25) is 9.59 Å². The molecule has 1 fully saturated rings. The normalized spacial score (nSPS) is 37.4. The van der Waals surface area contributed by atoms with Crippen molar-refractivity contribution in [2.75, 3.05) is 0 Å². The highest BCUT2D eigenvalue weighted by Gasteiger charge is 2.49. The summed E-state index contributed by atoms with van der Waals surface area (Å²) in [6, 6.07) is 0. The van der Waals surface area contributed by atoms with E-state index in [-0.39, 0.29) is 0 Å². The molecule has 1 rings (SSSR count). The second-order valence-electron chi connectivity index (χ2n) is 3.78. The van der Waals surface area contributed by atoms with Gasteiger partial charge in [0.15, 0.2) is 18.4 Å². The quantitative estimate of drug-likeness (QED) is 0.683. The Morgan fingerprint density at radius 3 is 2.00 bits per heavy atom. The third-order valence-corrected chi connectivity index (χ3v) is 2.30. The smallest absolute Gasteiger partial charge is 0.303 e. The zero-order valence-electron chi connectivity index (χ0n) is 9.68. The summed E-state index contributed by atoms with van der Waals surface area (Å²) in [7, 11) is 0. The molecule has 1 aliphatic rings. The topological polar surface area (TPSA) is 61.8 Å². The fourth-order valence-corrected chi connectivity index (χ4v) is 1.63. The fraction of sp³-hybridized carbons (Fsp3) is 0.800. The summed E-state index contributed by atoms with van der Waals surface area (Å²) in [4.78, 5) is 21.7. The van der Waals surface area contributed by atoms with Crippen LogP contribution in [-0.4, -0.2) is 42.8 Å². The standard InChI is InChI=1S/C10H14F2O5/c1-4-8(16-5(2)13)9(17-6(3)14)7(11)10(12)15-4/h4,7-10H,1-3H3/t4-,7+,8-,9-,10-/m0/s1. The molecule has 0 amide bonds. The van der Waals surface area contributed by atoms with E-state index in [1.54, 1.807) is 0 Å². The Labute approximate surface area is 97.0 Å². The van der Waals surface area contributed by atoms with E-state index in [0.29, 0.717) is 0 Å². The minimum absolute atomic E-state index is 0.688. The van der Waals surface area contributed by atoms with Crippen molar-refractivity contribution in [2.45, 2.75) is 51.6 Å². The first kappa shape index (κ1) is 13.8. The predicted molar refractivity (Wildman–Crippen MR) is 51.4 cm³/mol. The van der Waals surface area contributed by atoms with E-state index in [9.17, 15) is 18.4 Å². The van der Waals surface area contributed by atoms with Crippen LogP contribution >= 0.6 is 0 Å². The third-order valence-electron chi connectivity index (χ3n) is 2.30. The van der Waals surface area contributed by atoms with Gasteiger partial charge in [0.1, 0.15) is 0 Å². The van der Waals surface area contributed by atoms with Crippen LogP contribution in [0.5, 0.6) is 0 Å². The summed E-state index contributed by atoms with van der Waals surface area (Å²) in [6.07, 6.45) is -7.93. The molecule has 0 spiro atoms. The molecule has 5 atom stereocenters. The summed E-state index contributed by atoms with van der Waals surface area (Å²) in [5.41, 5.74) is 0. The second-order valence-corrected chi connectivity index (χ2v) is 3.78. The molecule has 98 valence electrons. The van der Waals surface area contributed by atoms with Gasteiger partial charge in [-0.15, -0.1) is 0 Å². The van der Waals surface area contributed by atoms with Crippen LogP contribution in [0.2, 0.25) is 0 Å². The molecule has 7 heteroatoms. The third kappa shape index (κ3) is 3.36. The van der Waals surface area contributed by atoms with Gasteiger partial charge >= 0.3 is 11.9 Å². The van der Waals surface area contributed by atoms with E-state index in [1.165, 1.54) is 6.92 Å². The van der Waals surface area contributed by atoms with Gasteiger partial charge in [-0.1, -0.05) is 0 Å². The van der Waals surface area contributed by atoms with Gasteiger partial charge in [-0.2, -0.15) is 0 Å². The molecule has 0 radical (unpaired) electrons. The van der Waals surface area contributed by atoms with Gasteiger partial charge in [-0.25, -0.2) is 8.78 Å². The van der Waals surface area contributed by atoms with Crippen molar-refractivity contribution in [3.05, 3.63) is 0 Å². The molecule has 0 aliphatic carbocycles. The van der Waals surface area contributed by atoms with Crippen molar-refractivity contribution in [1.82, 2.24) is 0 Å². The maximum Gasteiger partial charge on any atom is 0.303 e. The second kappa shape index (κ2) is 5.39. The molecule has 1 saturated heterocycles. The Morgan fingerprint density at radius 1 is 1.06 bits per heavy atom. The summed E-state index contributed by atoms with van der Waals surface area (Å²) in [6.45, 7) is 3.58. The molecule has 1 heterocycles. The molecule has 0 aromatic carbocycles. The van der Waals surface area contributed by atoms with Crippen LogP contribution in [0.25, 0.3) is 0 Å². The first-order chi connectivity index (χ1) is 7.82.